The Morgan fingerprint density at radius 3 is 2.59 bits per heavy atom. The van der Waals surface area contributed by atoms with Gasteiger partial charge in [-0.1, -0.05) is 37.0 Å². The predicted octanol–water partition coefficient (Wildman–Crippen LogP) is 3.17. The van der Waals surface area contributed by atoms with Crippen molar-refractivity contribution in [2.75, 3.05) is 0 Å². The molecule has 0 spiro atoms. The molecule has 2 aromatic rings. The van der Waals surface area contributed by atoms with E-state index in [0.29, 0.717) is 22.0 Å². The summed E-state index contributed by atoms with van der Waals surface area (Å²) in [6, 6.07) is 5.23. The summed E-state index contributed by atoms with van der Waals surface area (Å²) < 4.78 is 1.56. The van der Waals surface area contributed by atoms with Crippen LogP contribution >= 0.6 is 23.2 Å². The fourth-order valence-electron chi connectivity index (χ4n) is 1.50. The summed E-state index contributed by atoms with van der Waals surface area (Å²) in [5.74, 6) is 1.10. The summed E-state index contributed by atoms with van der Waals surface area (Å²) >= 11 is 11.8. The van der Waals surface area contributed by atoms with E-state index in [1.807, 2.05) is 6.07 Å². The third-order valence-electron chi connectivity index (χ3n) is 2.17. The van der Waals surface area contributed by atoms with Crippen LogP contribution in [-0.4, -0.2) is 20.0 Å². The standard InChI is InChI=1S/C11H12Cl2N4/c1-7(2)5-8-6-10(13)17(16-8)11-4-3-9(12)14-15-11/h3-4,6-7H,5H2,1-2H3. The first-order chi connectivity index (χ1) is 8.06. The molecule has 0 bridgehead atoms. The van der Waals surface area contributed by atoms with Gasteiger partial charge in [0, 0.05) is 0 Å². The monoisotopic (exact) mass is 270 g/mol. The largest absolute Gasteiger partial charge is 0.202 e. The van der Waals surface area contributed by atoms with E-state index in [-0.39, 0.29) is 0 Å². The van der Waals surface area contributed by atoms with E-state index >= 15 is 0 Å². The highest BCUT2D eigenvalue weighted by Gasteiger charge is 2.10. The van der Waals surface area contributed by atoms with Crippen LogP contribution in [0, 0.1) is 5.92 Å². The van der Waals surface area contributed by atoms with Gasteiger partial charge in [0.05, 0.1) is 5.69 Å². The highest BCUT2D eigenvalue weighted by Crippen LogP contribution is 2.18. The highest BCUT2D eigenvalue weighted by molar-refractivity contribution is 6.30. The average molecular weight is 271 g/mol. The van der Waals surface area contributed by atoms with Crippen molar-refractivity contribution in [2.24, 2.45) is 5.92 Å². The minimum atomic E-state index is 0.347. The summed E-state index contributed by atoms with van der Waals surface area (Å²) in [6.07, 6.45) is 0.883. The summed E-state index contributed by atoms with van der Waals surface area (Å²) in [7, 11) is 0. The molecule has 2 rings (SSSR count). The molecule has 17 heavy (non-hydrogen) atoms. The average Bonchev–Trinajstić information content (AvgIpc) is 2.59. The molecule has 0 radical (unpaired) electrons. The number of aromatic nitrogens is 4. The van der Waals surface area contributed by atoms with Gasteiger partial charge in [-0.25, -0.2) is 4.68 Å². The van der Waals surface area contributed by atoms with Crippen molar-refractivity contribution in [1.29, 1.82) is 0 Å². The van der Waals surface area contributed by atoms with Gasteiger partial charge >= 0.3 is 0 Å². The van der Waals surface area contributed by atoms with Crippen LogP contribution in [0.5, 0.6) is 0 Å². The van der Waals surface area contributed by atoms with E-state index in [2.05, 4.69) is 29.1 Å². The fraction of sp³-hybridized carbons (Fsp3) is 0.364. The van der Waals surface area contributed by atoms with Crippen LogP contribution in [0.1, 0.15) is 19.5 Å². The van der Waals surface area contributed by atoms with E-state index in [1.54, 1.807) is 16.8 Å². The second kappa shape index (κ2) is 5.02. The predicted molar refractivity (Wildman–Crippen MR) is 67.7 cm³/mol. The van der Waals surface area contributed by atoms with Gasteiger partial charge in [-0.3, -0.25) is 0 Å². The van der Waals surface area contributed by atoms with Crippen LogP contribution < -0.4 is 0 Å². The smallest absolute Gasteiger partial charge is 0.177 e. The molecule has 0 aromatic carbocycles. The van der Waals surface area contributed by atoms with E-state index in [4.69, 9.17) is 23.2 Å². The maximum absolute atomic E-state index is 6.10. The van der Waals surface area contributed by atoms with Crippen molar-refractivity contribution in [3.63, 3.8) is 0 Å². The topological polar surface area (TPSA) is 43.6 Å². The van der Waals surface area contributed by atoms with E-state index in [0.717, 1.165) is 12.1 Å². The Labute approximate surface area is 110 Å². The molecular weight excluding hydrogens is 259 g/mol. The van der Waals surface area contributed by atoms with E-state index in [1.165, 1.54) is 0 Å². The Morgan fingerprint density at radius 1 is 1.24 bits per heavy atom. The summed E-state index contributed by atoms with van der Waals surface area (Å²) in [5, 5.41) is 13.0. The summed E-state index contributed by atoms with van der Waals surface area (Å²) in [6.45, 7) is 4.27. The molecule has 0 aliphatic heterocycles. The first-order valence-corrected chi connectivity index (χ1v) is 6.06. The van der Waals surface area contributed by atoms with Gasteiger partial charge in [0.25, 0.3) is 0 Å². The molecule has 0 saturated carbocycles. The second-order valence-electron chi connectivity index (χ2n) is 4.18. The quantitative estimate of drug-likeness (QED) is 0.861. The third-order valence-corrected chi connectivity index (χ3v) is 2.64. The SMILES string of the molecule is CC(C)Cc1cc(Cl)n(-c2ccc(Cl)nn2)n1. The molecule has 0 atom stereocenters. The molecule has 0 unspecified atom stereocenters. The zero-order valence-corrected chi connectivity index (χ0v) is 11.1. The van der Waals surface area contributed by atoms with Gasteiger partial charge < -0.3 is 0 Å². The fourth-order valence-corrected chi connectivity index (χ4v) is 1.86. The Hall–Kier alpha value is -1.13. The summed E-state index contributed by atoms with van der Waals surface area (Å²) in [4.78, 5) is 0. The first-order valence-electron chi connectivity index (χ1n) is 5.30. The molecule has 2 heterocycles. The highest BCUT2D eigenvalue weighted by atomic mass is 35.5. The molecule has 2 aromatic heterocycles. The minimum absolute atomic E-state index is 0.347. The second-order valence-corrected chi connectivity index (χ2v) is 4.96. The van der Waals surface area contributed by atoms with Gasteiger partial charge in [-0.15, -0.1) is 10.2 Å². The van der Waals surface area contributed by atoms with Gasteiger partial charge in [0.1, 0.15) is 5.15 Å². The molecular formula is C11H12Cl2N4. The molecule has 4 nitrogen and oxygen atoms in total. The minimum Gasteiger partial charge on any atom is -0.202 e. The van der Waals surface area contributed by atoms with Crippen LogP contribution in [0.4, 0.5) is 0 Å². The molecule has 6 heteroatoms. The normalized spacial score (nSPS) is 11.1. The molecule has 0 amide bonds. The molecule has 0 saturated heterocycles. The number of hydrogen-bond donors (Lipinski definition) is 0. The van der Waals surface area contributed by atoms with Gasteiger partial charge in [-0.2, -0.15) is 5.10 Å². The lowest BCUT2D eigenvalue weighted by Gasteiger charge is -2.01. The molecule has 0 fully saturated rings. The van der Waals surface area contributed by atoms with Crippen LogP contribution in [0.25, 0.3) is 5.82 Å². The van der Waals surface area contributed by atoms with Crippen LogP contribution in [0.2, 0.25) is 10.3 Å². The number of hydrogen-bond acceptors (Lipinski definition) is 3. The molecule has 90 valence electrons. The lowest BCUT2D eigenvalue weighted by atomic mass is 10.1. The van der Waals surface area contributed by atoms with E-state index < -0.39 is 0 Å². The van der Waals surface area contributed by atoms with Crippen molar-refractivity contribution in [2.45, 2.75) is 20.3 Å². The molecule has 0 aliphatic carbocycles. The molecule has 0 N–H and O–H groups in total. The van der Waals surface area contributed by atoms with E-state index in [9.17, 15) is 0 Å². The van der Waals surface area contributed by atoms with Crippen molar-refractivity contribution < 1.29 is 0 Å². The van der Waals surface area contributed by atoms with Gasteiger partial charge in [0.2, 0.25) is 0 Å². The Kier molecular flexibility index (Phi) is 3.64. The maximum Gasteiger partial charge on any atom is 0.177 e. The lowest BCUT2D eigenvalue weighted by molar-refractivity contribution is 0.626. The van der Waals surface area contributed by atoms with Crippen LogP contribution in [0.15, 0.2) is 18.2 Å². The number of rotatable bonds is 3. The first kappa shape index (κ1) is 12.3. The Morgan fingerprint density at radius 2 is 2.00 bits per heavy atom. The zero-order chi connectivity index (χ0) is 12.4. The summed E-state index contributed by atoms with van der Waals surface area (Å²) in [5.41, 5.74) is 0.946. The van der Waals surface area contributed by atoms with Gasteiger partial charge in [0.15, 0.2) is 11.0 Å². The lowest BCUT2D eigenvalue weighted by Crippen LogP contribution is -2.02. The number of halogens is 2. The zero-order valence-electron chi connectivity index (χ0n) is 9.56. The maximum atomic E-state index is 6.10. The van der Waals surface area contributed by atoms with Crippen LogP contribution in [-0.2, 0) is 6.42 Å². The third kappa shape index (κ3) is 2.96. The van der Waals surface area contributed by atoms with Crippen LogP contribution in [0.3, 0.4) is 0 Å². The van der Waals surface area contributed by atoms with Crippen molar-refractivity contribution >= 4 is 23.2 Å². The molecule has 0 aliphatic rings. The van der Waals surface area contributed by atoms with Crippen molar-refractivity contribution in [3.8, 4) is 5.82 Å². The van der Waals surface area contributed by atoms with Gasteiger partial charge in [-0.05, 0) is 30.5 Å². The Bertz CT molecular complexity index is 505. The number of nitrogens with zero attached hydrogens (tertiary/aromatic N) is 4. The Balaban J connectivity index is 2.32. The van der Waals surface area contributed by atoms with Crippen molar-refractivity contribution in [3.05, 3.63) is 34.2 Å². The van der Waals surface area contributed by atoms with Crippen molar-refractivity contribution in [1.82, 2.24) is 20.0 Å².